The van der Waals surface area contributed by atoms with Gasteiger partial charge in [0.1, 0.15) is 17.7 Å². The van der Waals surface area contributed by atoms with Gasteiger partial charge >= 0.3 is 0 Å². The summed E-state index contributed by atoms with van der Waals surface area (Å²) in [5, 5.41) is 5.22. The third-order valence-corrected chi connectivity index (χ3v) is 3.80. The van der Waals surface area contributed by atoms with E-state index in [-0.39, 0.29) is 11.5 Å². The molecule has 2 N–H and O–H groups in total. The SMILES string of the molecule is CC(C)C(NC(=O)c1ccccc1F)C(=O)Nc1ccc(Br)cn1. The van der Waals surface area contributed by atoms with Crippen molar-refractivity contribution >= 4 is 33.6 Å². The zero-order valence-electron chi connectivity index (χ0n) is 13.2. The van der Waals surface area contributed by atoms with E-state index >= 15 is 0 Å². The monoisotopic (exact) mass is 393 g/mol. The van der Waals surface area contributed by atoms with Crippen molar-refractivity contribution in [2.24, 2.45) is 5.92 Å². The molecule has 1 aromatic heterocycles. The number of nitrogens with zero attached hydrogens (tertiary/aromatic N) is 1. The molecule has 0 bridgehead atoms. The summed E-state index contributed by atoms with van der Waals surface area (Å²) in [5.74, 6) is -1.49. The van der Waals surface area contributed by atoms with E-state index in [0.717, 1.165) is 4.47 Å². The van der Waals surface area contributed by atoms with Crippen molar-refractivity contribution in [1.29, 1.82) is 0 Å². The Kier molecular flexibility index (Phi) is 6.03. The van der Waals surface area contributed by atoms with Gasteiger partial charge in [-0.2, -0.15) is 0 Å². The summed E-state index contributed by atoms with van der Waals surface area (Å²) in [7, 11) is 0. The van der Waals surface area contributed by atoms with E-state index in [1.165, 1.54) is 18.2 Å². The van der Waals surface area contributed by atoms with Crippen molar-refractivity contribution in [2.45, 2.75) is 19.9 Å². The molecule has 1 unspecified atom stereocenters. The molecule has 0 saturated heterocycles. The third kappa shape index (κ3) is 4.61. The van der Waals surface area contributed by atoms with Crippen LogP contribution in [0.3, 0.4) is 0 Å². The van der Waals surface area contributed by atoms with Gasteiger partial charge in [0.05, 0.1) is 5.56 Å². The number of carbonyl (C=O) groups excluding carboxylic acids is 2. The van der Waals surface area contributed by atoms with Gasteiger partial charge in [0, 0.05) is 10.7 Å². The molecule has 24 heavy (non-hydrogen) atoms. The Bertz CT molecular complexity index is 735. The smallest absolute Gasteiger partial charge is 0.254 e. The lowest BCUT2D eigenvalue weighted by Gasteiger charge is -2.21. The van der Waals surface area contributed by atoms with Gasteiger partial charge in [0.25, 0.3) is 5.91 Å². The van der Waals surface area contributed by atoms with Crippen molar-refractivity contribution in [3.05, 3.63) is 58.4 Å². The second-order valence-electron chi connectivity index (χ2n) is 5.53. The van der Waals surface area contributed by atoms with Crippen LogP contribution in [0.25, 0.3) is 0 Å². The highest BCUT2D eigenvalue weighted by molar-refractivity contribution is 9.10. The highest BCUT2D eigenvalue weighted by Crippen LogP contribution is 2.13. The van der Waals surface area contributed by atoms with E-state index in [0.29, 0.717) is 5.82 Å². The number of benzene rings is 1. The number of hydrogen-bond donors (Lipinski definition) is 2. The zero-order valence-corrected chi connectivity index (χ0v) is 14.8. The molecule has 0 radical (unpaired) electrons. The standard InChI is InChI=1S/C17H17BrFN3O2/c1-10(2)15(17(24)21-14-8-7-11(18)9-20-14)22-16(23)12-5-3-4-6-13(12)19/h3-10,15H,1-2H3,(H,22,23)(H,20,21,24). The maximum absolute atomic E-state index is 13.7. The Labute approximate surface area is 147 Å². The molecule has 2 rings (SSSR count). The summed E-state index contributed by atoms with van der Waals surface area (Å²) in [4.78, 5) is 28.7. The Morgan fingerprint density at radius 1 is 1.17 bits per heavy atom. The van der Waals surface area contributed by atoms with Gasteiger partial charge in [-0.05, 0) is 46.1 Å². The number of aromatic nitrogens is 1. The Balaban J connectivity index is 2.11. The van der Waals surface area contributed by atoms with Crippen LogP contribution in [0.1, 0.15) is 24.2 Å². The lowest BCUT2D eigenvalue weighted by molar-refractivity contribution is -0.118. The Hall–Kier alpha value is -2.28. The maximum atomic E-state index is 13.7. The van der Waals surface area contributed by atoms with Crippen LogP contribution in [0, 0.1) is 11.7 Å². The number of rotatable bonds is 5. The number of anilines is 1. The molecule has 0 saturated carbocycles. The van der Waals surface area contributed by atoms with E-state index in [2.05, 4.69) is 31.5 Å². The van der Waals surface area contributed by atoms with Crippen LogP contribution >= 0.6 is 15.9 Å². The molecule has 0 fully saturated rings. The molecule has 0 aliphatic carbocycles. The second kappa shape index (κ2) is 8.01. The Morgan fingerprint density at radius 3 is 2.46 bits per heavy atom. The highest BCUT2D eigenvalue weighted by Gasteiger charge is 2.26. The van der Waals surface area contributed by atoms with Crippen LogP contribution in [0.4, 0.5) is 10.2 Å². The molecule has 5 nitrogen and oxygen atoms in total. The molecule has 1 heterocycles. The van der Waals surface area contributed by atoms with Gasteiger partial charge in [-0.3, -0.25) is 9.59 Å². The summed E-state index contributed by atoms with van der Waals surface area (Å²) in [5.41, 5.74) is -0.0993. The molecule has 126 valence electrons. The first-order valence-corrected chi connectivity index (χ1v) is 8.15. The summed E-state index contributed by atoms with van der Waals surface area (Å²) in [6.07, 6.45) is 1.55. The van der Waals surface area contributed by atoms with E-state index in [9.17, 15) is 14.0 Å². The fourth-order valence-electron chi connectivity index (χ4n) is 2.05. The predicted molar refractivity (Wildman–Crippen MR) is 93.1 cm³/mol. The normalized spacial score (nSPS) is 11.9. The van der Waals surface area contributed by atoms with E-state index in [4.69, 9.17) is 0 Å². The summed E-state index contributed by atoms with van der Waals surface area (Å²) in [6, 6.07) is 8.19. The fraction of sp³-hybridized carbons (Fsp3) is 0.235. The number of nitrogens with one attached hydrogen (secondary N) is 2. The number of hydrogen-bond acceptors (Lipinski definition) is 3. The number of pyridine rings is 1. The molecule has 0 aliphatic rings. The highest BCUT2D eigenvalue weighted by atomic mass is 79.9. The lowest BCUT2D eigenvalue weighted by atomic mass is 10.0. The minimum absolute atomic E-state index is 0.0993. The first-order chi connectivity index (χ1) is 11.4. The molecule has 0 aliphatic heterocycles. The van der Waals surface area contributed by atoms with Crippen molar-refractivity contribution in [3.8, 4) is 0 Å². The number of halogens is 2. The summed E-state index contributed by atoms with van der Waals surface area (Å²) in [6.45, 7) is 3.59. The molecular weight excluding hydrogens is 377 g/mol. The first-order valence-electron chi connectivity index (χ1n) is 7.36. The zero-order chi connectivity index (χ0) is 17.7. The van der Waals surface area contributed by atoms with Crippen molar-refractivity contribution < 1.29 is 14.0 Å². The van der Waals surface area contributed by atoms with Gasteiger partial charge in [0.15, 0.2) is 0 Å². The second-order valence-corrected chi connectivity index (χ2v) is 6.44. The molecule has 0 spiro atoms. The molecule has 7 heteroatoms. The van der Waals surface area contributed by atoms with Crippen molar-refractivity contribution in [1.82, 2.24) is 10.3 Å². The van der Waals surface area contributed by atoms with Crippen molar-refractivity contribution in [3.63, 3.8) is 0 Å². The minimum Gasteiger partial charge on any atom is -0.340 e. The van der Waals surface area contributed by atoms with E-state index in [1.54, 1.807) is 38.2 Å². The summed E-state index contributed by atoms with van der Waals surface area (Å²) >= 11 is 3.26. The van der Waals surface area contributed by atoms with E-state index < -0.39 is 23.7 Å². The van der Waals surface area contributed by atoms with Crippen LogP contribution in [0.2, 0.25) is 0 Å². The van der Waals surface area contributed by atoms with Crippen molar-refractivity contribution in [2.75, 3.05) is 5.32 Å². The largest absolute Gasteiger partial charge is 0.340 e. The lowest BCUT2D eigenvalue weighted by Crippen LogP contribution is -2.47. The molecule has 2 aromatic rings. The van der Waals surface area contributed by atoms with Crippen LogP contribution < -0.4 is 10.6 Å². The Morgan fingerprint density at radius 2 is 1.88 bits per heavy atom. The predicted octanol–water partition coefficient (Wildman–Crippen LogP) is 3.38. The first kappa shape index (κ1) is 18.1. The van der Waals surface area contributed by atoms with Gasteiger partial charge in [-0.25, -0.2) is 9.37 Å². The average molecular weight is 394 g/mol. The molecule has 2 amide bonds. The average Bonchev–Trinajstić information content (AvgIpc) is 2.54. The van der Waals surface area contributed by atoms with Gasteiger partial charge in [-0.15, -0.1) is 0 Å². The van der Waals surface area contributed by atoms with Crippen LogP contribution in [-0.4, -0.2) is 22.8 Å². The summed E-state index contributed by atoms with van der Waals surface area (Å²) < 4.78 is 14.5. The third-order valence-electron chi connectivity index (χ3n) is 3.33. The topological polar surface area (TPSA) is 71.1 Å². The molecule has 1 aromatic carbocycles. The van der Waals surface area contributed by atoms with Gasteiger partial charge in [0.2, 0.25) is 5.91 Å². The molecule has 1 atom stereocenters. The number of carbonyl (C=O) groups is 2. The van der Waals surface area contributed by atoms with Crippen LogP contribution in [0.5, 0.6) is 0 Å². The van der Waals surface area contributed by atoms with Crippen LogP contribution in [-0.2, 0) is 4.79 Å². The van der Waals surface area contributed by atoms with E-state index in [1.807, 2.05) is 0 Å². The maximum Gasteiger partial charge on any atom is 0.254 e. The molecular formula is C17H17BrFN3O2. The quantitative estimate of drug-likeness (QED) is 0.817. The van der Waals surface area contributed by atoms with Crippen LogP contribution in [0.15, 0.2) is 47.1 Å². The van der Waals surface area contributed by atoms with Gasteiger partial charge in [-0.1, -0.05) is 26.0 Å². The fourth-order valence-corrected chi connectivity index (χ4v) is 2.29. The minimum atomic E-state index is -0.817. The number of amides is 2. The van der Waals surface area contributed by atoms with Gasteiger partial charge < -0.3 is 10.6 Å².